The molecule has 0 saturated carbocycles. The monoisotopic (exact) mass is 566 g/mol. The zero-order chi connectivity index (χ0) is 30.1. The lowest BCUT2D eigenvalue weighted by molar-refractivity contribution is -0.152. The van der Waals surface area contributed by atoms with Crippen LogP contribution in [0.5, 0.6) is 0 Å². The Morgan fingerprint density at radius 3 is 2.22 bits per heavy atom. The van der Waals surface area contributed by atoms with Gasteiger partial charge in [0, 0.05) is 44.6 Å². The first kappa shape index (κ1) is 30.8. The molecule has 3 saturated heterocycles. The average molecular weight is 567 g/mol. The van der Waals surface area contributed by atoms with Gasteiger partial charge >= 0.3 is 0 Å². The molecule has 0 radical (unpaired) electrons. The Labute approximate surface area is 244 Å². The summed E-state index contributed by atoms with van der Waals surface area (Å²) < 4.78 is 6.86. The molecule has 3 heterocycles. The van der Waals surface area contributed by atoms with E-state index in [1.807, 2.05) is 31.2 Å². The Balaban J connectivity index is 1.80. The summed E-state index contributed by atoms with van der Waals surface area (Å²) in [5.41, 5.74) is -0.244. The van der Waals surface area contributed by atoms with E-state index in [4.69, 9.17) is 4.74 Å². The number of fused-ring (bicyclic) bond motifs is 1. The van der Waals surface area contributed by atoms with E-state index >= 15 is 0 Å². The first-order valence-corrected chi connectivity index (χ1v) is 14.9. The molecule has 3 amide bonds. The largest absolute Gasteiger partial charge is 0.394 e. The molecule has 3 aliphatic heterocycles. The lowest BCUT2D eigenvalue weighted by Gasteiger charge is -2.38. The summed E-state index contributed by atoms with van der Waals surface area (Å²) in [5, 5.41) is 10.2. The van der Waals surface area contributed by atoms with Gasteiger partial charge < -0.3 is 29.4 Å². The standard InChI is InChI=1S/C32H46N4O5/c1-8-19-33(7)28(38)25-26-29(39)36(22(6)21-37)27(32(26)18-17-31(25,10-3)41-32)30(40)35(20-9-2)24-15-13-23(14-16-24)34(11-4)12-5/h8-9,13-16,22,25-27,37H,1-2,10-12,17-21H2,3-7H3/t22-,25+,26+,27?,31-,32?/m1/s1. The molecule has 3 aliphatic rings. The van der Waals surface area contributed by atoms with Crippen molar-refractivity contribution in [3.8, 4) is 0 Å². The number of benzene rings is 1. The van der Waals surface area contributed by atoms with E-state index in [1.54, 1.807) is 35.9 Å². The smallest absolute Gasteiger partial charge is 0.253 e. The maximum Gasteiger partial charge on any atom is 0.253 e. The fourth-order valence-electron chi connectivity index (χ4n) is 7.43. The number of carbonyl (C=O) groups is 3. The minimum absolute atomic E-state index is 0.175. The number of anilines is 2. The van der Waals surface area contributed by atoms with Crippen molar-refractivity contribution in [1.29, 1.82) is 0 Å². The predicted octanol–water partition coefficient (Wildman–Crippen LogP) is 3.23. The number of amides is 3. The summed E-state index contributed by atoms with van der Waals surface area (Å²) in [6.45, 7) is 17.6. The minimum Gasteiger partial charge on any atom is -0.394 e. The molecule has 0 aliphatic carbocycles. The fraction of sp³-hybridized carbons (Fsp3) is 0.594. The van der Waals surface area contributed by atoms with Crippen molar-refractivity contribution in [2.45, 2.75) is 70.2 Å². The van der Waals surface area contributed by atoms with Gasteiger partial charge in [-0.05, 0) is 64.3 Å². The van der Waals surface area contributed by atoms with Crippen molar-refractivity contribution in [3.05, 3.63) is 49.6 Å². The van der Waals surface area contributed by atoms with Crippen LogP contribution >= 0.6 is 0 Å². The first-order chi connectivity index (χ1) is 19.6. The van der Waals surface area contributed by atoms with E-state index in [0.29, 0.717) is 31.5 Å². The SMILES string of the molecule is C=CCN(C)C(=O)[C@@H]1[C@H]2C(=O)N([C@H](C)CO)C(C(=O)N(CC=C)c3ccc(N(CC)CC)cc3)C23CC[C@@]1(CC)O3. The van der Waals surface area contributed by atoms with Crippen molar-refractivity contribution in [1.82, 2.24) is 9.80 Å². The number of likely N-dealkylation sites (N-methyl/N-ethyl adjacent to an activating group) is 1. The highest BCUT2D eigenvalue weighted by Crippen LogP contribution is 2.65. The number of nitrogens with zero attached hydrogens (tertiary/aromatic N) is 4. The highest BCUT2D eigenvalue weighted by Gasteiger charge is 2.79. The predicted molar refractivity (Wildman–Crippen MR) is 161 cm³/mol. The second kappa shape index (κ2) is 12.0. The summed E-state index contributed by atoms with van der Waals surface area (Å²) in [6, 6.07) is 6.20. The van der Waals surface area contributed by atoms with Crippen LogP contribution in [0.2, 0.25) is 0 Å². The average Bonchev–Trinajstić information content (AvgIpc) is 3.59. The van der Waals surface area contributed by atoms with Gasteiger partial charge in [0.05, 0.1) is 30.1 Å². The van der Waals surface area contributed by atoms with Crippen LogP contribution in [0.1, 0.15) is 47.0 Å². The van der Waals surface area contributed by atoms with Crippen LogP contribution in [-0.2, 0) is 19.1 Å². The molecule has 0 aromatic heterocycles. The summed E-state index contributed by atoms with van der Waals surface area (Å²) in [5.74, 6) is -2.30. The second-order valence-corrected chi connectivity index (χ2v) is 11.5. The third-order valence-electron chi connectivity index (χ3n) is 9.50. The van der Waals surface area contributed by atoms with E-state index in [-0.39, 0.29) is 30.9 Å². The first-order valence-electron chi connectivity index (χ1n) is 14.9. The van der Waals surface area contributed by atoms with Crippen molar-refractivity contribution >= 4 is 29.1 Å². The molecular formula is C32H46N4O5. The molecule has 1 aromatic rings. The lowest BCUT2D eigenvalue weighted by Crippen LogP contribution is -2.58. The molecule has 1 N–H and O–H groups in total. The summed E-state index contributed by atoms with van der Waals surface area (Å²) in [4.78, 5) is 49.8. The number of aliphatic hydroxyl groups excluding tert-OH is 1. The number of likely N-dealkylation sites (tertiary alicyclic amines) is 1. The van der Waals surface area contributed by atoms with Crippen LogP contribution in [0.4, 0.5) is 11.4 Å². The van der Waals surface area contributed by atoms with Gasteiger partial charge in [-0.3, -0.25) is 14.4 Å². The van der Waals surface area contributed by atoms with Gasteiger partial charge in [0.1, 0.15) is 11.6 Å². The normalized spacial score (nSPS) is 28.8. The Morgan fingerprint density at radius 1 is 1.07 bits per heavy atom. The quantitative estimate of drug-likeness (QED) is 0.369. The maximum absolute atomic E-state index is 14.7. The van der Waals surface area contributed by atoms with E-state index in [1.165, 1.54) is 4.90 Å². The number of hydrogen-bond acceptors (Lipinski definition) is 6. The van der Waals surface area contributed by atoms with Crippen LogP contribution in [0.3, 0.4) is 0 Å². The second-order valence-electron chi connectivity index (χ2n) is 11.5. The Morgan fingerprint density at radius 2 is 1.68 bits per heavy atom. The van der Waals surface area contributed by atoms with Gasteiger partial charge in [-0.1, -0.05) is 19.1 Å². The summed E-state index contributed by atoms with van der Waals surface area (Å²) in [6.07, 6.45) is 4.94. The van der Waals surface area contributed by atoms with Gasteiger partial charge in [-0.2, -0.15) is 0 Å². The van der Waals surface area contributed by atoms with Crippen LogP contribution < -0.4 is 9.80 Å². The molecule has 3 fully saturated rings. The molecule has 4 rings (SSSR count). The van der Waals surface area contributed by atoms with Crippen LogP contribution in [0.15, 0.2) is 49.6 Å². The van der Waals surface area contributed by atoms with Crippen LogP contribution in [0.25, 0.3) is 0 Å². The Hall–Kier alpha value is -3.17. The van der Waals surface area contributed by atoms with Crippen molar-refractivity contribution < 1.29 is 24.2 Å². The van der Waals surface area contributed by atoms with E-state index < -0.39 is 35.1 Å². The number of aliphatic hydroxyl groups is 1. The lowest BCUT2D eigenvalue weighted by atomic mass is 9.64. The van der Waals surface area contributed by atoms with Gasteiger partial charge in [-0.15, -0.1) is 13.2 Å². The molecular weight excluding hydrogens is 520 g/mol. The molecule has 2 unspecified atom stereocenters. The third kappa shape index (κ3) is 4.77. The summed E-state index contributed by atoms with van der Waals surface area (Å²) >= 11 is 0. The van der Waals surface area contributed by atoms with Crippen LogP contribution in [-0.4, -0.2) is 95.7 Å². The number of hydrogen-bond donors (Lipinski definition) is 1. The van der Waals surface area contributed by atoms with Crippen LogP contribution in [0, 0.1) is 11.8 Å². The highest BCUT2D eigenvalue weighted by atomic mass is 16.5. The van der Waals surface area contributed by atoms with Gasteiger partial charge in [0.2, 0.25) is 11.8 Å². The Kier molecular flexibility index (Phi) is 8.99. The summed E-state index contributed by atoms with van der Waals surface area (Å²) in [7, 11) is 1.70. The molecule has 2 bridgehead atoms. The Bertz CT molecular complexity index is 1170. The van der Waals surface area contributed by atoms with E-state index in [9.17, 15) is 19.5 Å². The third-order valence-corrected chi connectivity index (χ3v) is 9.50. The zero-order valence-corrected chi connectivity index (χ0v) is 25.2. The van der Waals surface area contributed by atoms with E-state index in [0.717, 1.165) is 18.8 Å². The van der Waals surface area contributed by atoms with Crippen molar-refractivity contribution in [2.75, 3.05) is 49.6 Å². The van der Waals surface area contributed by atoms with Gasteiger partial charge in [-0.25, -0.2) is 0 Å². The number of rotatable bonds is 13. The van der Waals surface area contributed by atoms with Crippen molar-refractivity contribution in [2.24, 2.45) is 11.8 Å². The molecule has 1 aromatic carbocycles. The topological polar surface area (TPSA) is 93.6 Å². The molecule has 9 nitrogen and oxygen atoms in total. The molecule has 9 heteroatoms. The number of carbonyl (C=O) groups excluding carboxylic acids is 3. The molecule has 6 atom stereocenters. The molecule has 224 valence electrons. The van der Waals surface area contributed by atoms with Gasteiger partial charge in [0.15, 0.2) is 0 Å². The van der Waals surface area contributed by atoms with Crippen molar-refractivity contribution in [3.63, 3.8) is 0 Å². The minimum atomic E-state index is -1.16. The fourth-order valence-corrected chi connectivity index (χ4v) is 7.43. The zero-order valence-electron chi connectivity index (χ0n) is 25.2. The molecule has 1 spiro atoms. The molecule has 41 heavy (non-hydrogen) atoms. The highest BCUT2D eigenvalue weighted by molar-refractivity contribution is 6.05. The number of ether oxygens (including phenoxy) is 1. The van der Waals surface area contributed by atoms with Gasteiger partial charge in [0.25, 0.3) is 5.91 Å². The van der Waals surface area contributed by atoms with E-state index in [2.05, 4.69) is 31.9 Å². The maximum atomic E-state index is 14.7.